The van der Waals surface area contributed by atoms with E-state index in [-0.39, 0.29) is 0 Å². The van der Waals surface area contributed by atoms with Gasteiger partial charge in [0.25, 0.3) is 0 Å². The van der Waals surface area contributed by atoms with Crippen molar-refractivity contribution in [1.82, 2.24) is 4.90 Å². The molecule has 1 saturated heterocycles. The molecule has 0 amide bonds. The van der Waals surface area contributed by atoms with Crippen molar-refractivity contribution in [3.8, 4) is 0 Å². The molecule has 0 saturated carbocycles. The van der Waals surface area contributed by atoms with Gasteiger partial charge < -0.3 is 5.73 Å². The van der Waals surface area contributed by atoms with E-state index < -0.39 is 0 Å². The zero-order valence-corrected chi connectivity index (χ0v) is 10.7. The Morgan fingerprint density at radius 3 is 2.93 bits per heavy atom. The van der Waals surface area contributed by atoms with E-state index in [0.717, 1.165) is 12.8 Å². The SMILES string of the molecule is CCC(CC(N)=S)N1CCSCC1C. The van der Waals surface area contributed by atoms with Gasteiger partial charge in [-0.2, -0.15) is 11.8 Å². The van der Waals surface area contributed by atoms with E-state index in [1.54, 1.807) is 0 Å². The standard InChI is InChI=1S/C10H20N2S2/c1-3-9(6-10(11)13)12-4-5-14-7-8(12)2/h8-9H,3-7H2,1-2H3,(H2,11,13). The summed E-state index contributed by atoms with van der Waals surface area (Å²) in [5, 5.41) is 0. The van der Waals surface area contributed by atoms with Gasteiger partial charge in [-0.3, -0.25) is 4.90 Å². The zero-order chi connectivity index (χ0) is 10.6. The maximum absolute atomic E-state index is 5.62. The molecule has 2 nitrogen and oxygen atoms in total. The summed E-state index contributed by atoms with van der Waals surface area (Å²) in [5.41, 5.74) is 5.62. The molecule has 0 aromatic carbocycles. The monoisotopic (exact) mass is 232 g/mol. The highest BCUT2D eigenvalue weighted by Gasteiger charge is 2.25. The first-order valence-electron chi connectivity index (χ1n) is 5.27. The molecule has 0 spiro atoms. The Kier molecular flexibility index (Phi) is 5.20. The van der Waals surface area contributed by atoms with Crippen LogP contribution in [0.1, 0.15) is 26.7 Å². The Balaban J connectivity index is 2.52. The molecular formula is C10H20N2S2. The third-order valence-corrected chi connectivity index (χ3v) is 4.15. The van der Waals surface area contributed by atoms with Crippen molar-refractivity contribution in [3.63, 3.8) is 0 Å². The van der Waals surface area contributed by atoms with E-state index in [1.807, 2.05) is 11.8 Å². The molecule has 0 radical (unpaired) electrons. The summed E-state index contributed by atoms with van der Waals surface area (Å²) in [6.07, 6.45) is 2.02. The summed E-state index contributed by atoms with van der Waals surface area (Å²) < 4.78 is 0. The molecule has 0 aromatic rings. The van der Waals surface area contributed by atoms with Gasteiger partial charge in [0.2, 0.25) is 0 Å². The highest BCUT2D eigenvalue weighted by molar-refractivity contribution is 7.99. The molecule has 2 N–H and O–H groups in total. The lowest BCUT2D eigenvalue weighted by Gasteiger charge is -2.39. The third kappa shape index (κ3) is 3.41. The minimum Gasteiger partial charge on any atom is -0.393 e. The molecule has 2 unspecified atom stereocenters. The lowest BCUT2D eigenvalue weighted by molar-refractivity contribution is 0.161. The molecule has 1 aliphatic rings. The number of thioether (sulfide) groups is 1. The zero-order valence-electron chi connectivity index (χ0n) is 9.03. The van der Waals surface area contributed by atoms with E-state index >= 15 is 0 Å². The third-order valence-electron chi connectivity index (χ3n) is 2.80. The van der Waals surface area contributed by atoms with Crippen LogP contribution in [0.25, 0.3) is 0 Å². The molecule has 1 fully saturated rings. The Labute approximate surface area is 96.6 Å². The van der Waals surface area contributed by atoms with Crippen molar-refractivity contribution in [2.24, 2.45) is 5.73 Å². The van der Waals surface area contributed by atoms with E-state index in [0.29, 0.717) is 17.1 Å². The fraction of sp³-hybridized carbons (Fsp3) is 0.900. The van der Waals surface area contributed by atoms with Crippen LogP contribution in [0.5, 0.6) is 0 Å². The predicted octanol–water partition coefficient (Wildman–Crippen LogP) is 1.88. The molecule has 1 heterocycles. The number of thiocarbonyl (C=S) groups is 1. The second kappa shape index (κ2) is 5.93. The van der Waals surface area contributed by atoms with Crippen molar-refractivity contribution in [2.45, 2.75) is 38.8 Å². The van der Waals surface area contributed by atoms with Gasteiger partial charge in [0, 0.05) is 36.6 Å². The Hall–Kier alpha value is 0.200. The van der Waals surface area contributed by atoms with Gasteiger partial charge in [-0.25, -0.2) is 0 Å². The average molecular weight is 232 g/mol. The lowest BCUT2D eigenvalue weighted by atomic mass is 10.1. The Morgan fingerprint density at radius 2 is 2.43 bits per heavy atom. The fourth-order valence-electron chi connectivity index (χ4n) is 2.01. The Morgan fingerprint density at radius 1 is 1.71 bits per heavy atom. The molecule has 0 aromatic heterocycles. The quantitative estimate of drug-likeness (QED) is 0.750. The van der Waals surface area contributed by atoms with Gasteiger partial charge in [0.15, 0.2) is 0 Å². The number of rotatable bonds is 4. The maximum atomic E-state index is 5.62. The van der Waals surface area contributed by atoms with E-state index in [1.165, 1.54) is 18.1 Å². The molecule has 0 aliphatic carbocycles. The van der Waals surface area contributed by atoms with Crippen LogP contribution in [0.3, 0.4) is 0 Å². The summed E-state index contributed by atoms with van der Waals surface area (Å²) in [6, 6.07) is 1.23. The van der Waals surface area contributed by atoms with Crippen molar-refractivity contribution >= 4 is 29.0 Å². The molecule has 1 rings (SSSR count). The minimum atomic E-state index is 0.559. The molecule has 14 heavy (non-hydrogen) atoms. The second-order valence-corrected chi connectivity index (χ2v) is 5.57. The van der Waals surface area contributed by atoms with E-state index in [9.17, 15) is 0 Å². The van der Waals surface area contributed by atoms with Gasteiger partial charge in [0.1, 0.15) is 0 Å². The lowest BCUT2D eigenvalue weighted by Crippen LogP contribution is -2.47. The van der Waals surface area contributed by atoms with E-state index in [4.69, 9.17) is 18.0 Å². The smallest absolute Gasteiger partial charge is 0.0743 e. The summed E-state index contributed by atoms with van der Waals surface area (Å²) in [5.74, 6) is 2.49. The van der Waals surface area contributed by atoms with Gasteiger partial charge in [0.05, 0.1) is 4.99 Å². The van der Waals surface area contributed by atoms with Crippen LogP contribution in [0.4, 0.5) is 0 Å². The summed E-state index contributed by atoms with van der Waals surface area (Å²) in [6.45, 7) is 5.71. The van der Waals surface area contributed by atoms with Crippen LogP contribution in [-0.2, 0) is 0 Å². The molecule has 82 valence electrons. The van der Waals surface area contributed by atoms with Crippen molar-refractivity contribution in [3.05, 3.63) is 0 Å². The number of nitrogens with zero attached hydrogens (tertiary/aromatic N) is 1. The fourth-order valence-corrected chi connectivity index (χ4v) is 3.24. The van der Waals surface area contributed by atoms with Crippen LogP contribution in [0.2, 0.25) is 0 Å². The highest BCUT2D eigenvalue weighted by atomic mass is 32.2. The van der Waals surface area contributed by atoms with Crippen molar-refractivity contribution in [2.75, 3.05) is 18.1 Å². The van der Waals surface area contributed by atoms with Crippen molar-refractivity contribution in [1.29, 1.82) is 0 Å². The summed E-state index contributed by atoms with van der Waals surface area (Å²) in [4.78, 5) is 3.22. The largest absolute Gasteiger partial charge is 0.393 e. The first-order chi connectivity index (χ1) is 6.65. The molecule has 4 heteroatoms. The first-order valence-corrected chi connectivity index (χ1v) is 6.83. The summed E-state index contributed by atoms with van der Waals surface area (Å²) >= 11 is 7.04. The first kappa shape index (κ1) is 12.3. The van der Waals surface area contributed by atoms with Crippen LogP contribution < -0.4 is 5.73 Å². The second-order valence-electron chi connectivity index (χ2n) is 3.89. The van der Waals surface area contributed by atoms with Gasteiger partial charge in [-0.1, -0.05) is 19.1 Å². The predicted molar refractivity (Wildman–Crippen MR) is 69.0 cm³/mol. The maximum Gasteiger partial charge on any atom is 0.0743 e. The number of hydrogen-bond acceptors (Lipinski definition) is 3. The van der Waals surface area contributed by atoms with Gasteiger partial charge in [-0.05, 0) is 13.3 Å². The normalized spacial score (nSPS) is 26.0. The highest BCUT2D eigenvalue weighted by Crippen LogP contribution is 2.21. The van der Waals surface area contributed by atoms with Crippen LogP contribution >= 0.6 is 24.0 Å². The van der Waals surface area contributed by atoms with E-state index in [2.05, 4.69) is 18.7 Å². The topological polar surface area (TPSA) is 29.3 Å². The Bertz CT molecular complexity index is 197. The summed E-state index contributed by atoms with van der Waals surface area (Å²) in [7, 11) is 0. The number of nitrogens with two attached hydrogens (primary N) is 1. The molecular weight excluding hydrogens is 212 g/mol. The van der Waals surface area contributed by atoms with Crippen molar-refractivity contribution < 1.29 is 0 Å². The number of hydrogen-bond donors (Lipinski definition) is 1. The van der Waals surface area contributed by atoms with Crippen LogP contribution in [0, 0.1) is 0 Å². The molecule has 0 bridgehead atoms. The average Bonchev–Trinajstić information content (AvgIpc) is 2.15. The molecule has 2 atom stereocenters. The van der Waals surface area contributed by atoms with Crippen LogP contribution in [0.15, 0.2) is 0 Å². The minimum absolute atomic E-state index is 0.559. The van der Waals surface area contributed by atoms with Crippen LogP contribution in [-0.4, -0.2) is 40.0 Å². The van der Waals surface area contributed by atoms with Gasteiger partial charge >= 0.3 is 0 Å². The van der Waals surface area contributed by atoms with Gasteiger partial charge in [-0.15, -0.1) is 0 Å². The molecule has 1 aliphatic heterocycles.